The van der Waals surface area contributed by atoms with Gasteiger partial charge in [-0.25, -0.2) is 8.42 Å². The molecule has 0 amide bonds. The fourth-order valence-electron chi connectivity index (χ4n) is 4.00. The van der Waals surface area contributed by atoms with Gasteiger partial charge in [-0.3, -0.25) is 4.90 Å². The molecule has 0 spiro atoms. The highest BCUT2D eigenvalue weighted by atomic mass is 32.2. The van der Waals surface area contributed by atoms with Crippen molar-refractivity contribution >= 4 is 21.4 Å². The summed E-state index contributed by atoms with van der Waals surface area (Å²) >= 11 is 1.85. The van der Waals surface area contributed by atoms with E-state index < -0.39 is 10.0 Å². The minimum absolute atomic E-state index is 0.242. The summed E-state index contributed by atoms with van der Waals surface area (Å²) in [5.41, 5.74) is 1.89. The average molecular weight is 382 g/mol. The molecule has 0 bridgehead atoms. The van der Waals surface area contributed by atoms with Crippen molar-refractivity contribution in [2.24, 2.45) is 0 Å². The lowest BCUT2D eigenvalue weighted by Gasteiger charge is -2.39. The van der Waals surface area contributed by atoms with E-state index >= 15 is 0 Å². The van der Waals surface area contributed by atoms with Gasteiger partial charge in [-0.05, 0) is 50.1 Å². The second kappa shape index (κ2) is 6.50. The topological polar surface area (TPSA) is 66.7 Å². The van der Waals surface area contributed by atoms with E-state index in [1.807, 2.05) is 11.3 Å². The van der Waals surface area contributed by atoms with Gasteiger partial charge >= 0.3 is 0 Å². The second-order valence-electron chi connectivity index (χ2n) is 6.88. The monoisotopic (exact) mass is 381 g/mol. The molecule has 4 rings (SSSR count). The van der Waals surface area contributed by atoms with E-state index in [1.165, 1.54) is 10.4 Å². The van der Waals surface area contributed by atoms with Crippen LogP contribution in [0.25, 0.3) is 0 Å². The van der Waals surface area contributed by atoms with Gasteiger partial charge in [0.1, 0.15) is 10.6 Å². The maximum absolute atomic E-state index is 12.9. The van der Waals surface area contributed by atoms with E-state index in [9.17, 15) is 8.42 Å². The summed E-state index contributed by atoms with van der Waals surface area (Å²) in [5, 5.41) is 5.97. The van der Waals surface area contributed by atoms with Crippen molar-refractivity contribution in [3.63, 3.8) is 0 Å². The van der Waals surface area contributed by atoms with Gasteiger partial charge < -0.3 is 4.52 Å². The van der Waals surface area contributed by atoms with Crippen LogP contribution in [0.5, 0.6) is 0 Å². The van der Waals surface area contributed by atoms with E-state index in [0.717, 1.165) is 32.4 Å². The van der Waals surface area contributed by atoms with Crippen LogP contribution in [-0.4, -0.2) is 48.5 Å². The van der Waals surface area contributed by atoms with Gasteiger partial charge in [-0.1, -0.05) is 5.16 Å². The van der Waals surface area contributed by atoms with Gasteiger partial charge in [0.25, 0.3) is 0 Å². The Hall–Kier alpha value is -1.22. The first-order valence-electron chi connectivity index (χ1n) is 8.69. The van der Waals surface area contributed by atoms with Crippen LogP contribution in [0, 0.1) is 13.8 Å². The maximum Gasteiger partial charge on any atom is 0.248 e. The molecule has 2 aromatic heterocycles. The van der Waals surface area contributed by atoms with Gasteiger partial charge in [0.2, 0.25) is 10.0 Å². The number of aryl methyl sites for hydroxylation is 2. The van der Waals surface area contributed by atoms with Crippen LogP contribution < -0.4 is 0 Å². The molecular formula is C17H23N3O3S2. The van der Waals surface area contributed by atoms with Gasteiger partial charge in [0.05, 0.1) is 0 Å². The third-order valence-corrected chi connectivity index (χ3v) is 8.51. The Kier molecular flexibility index (Phi) is 4.47. The number of hydrogen-bond donors (Lipinski definition) is 0. The molecule has 0 radical (unpaired) electrons. The number of sulfonamides is 1. The molecule has 6 nitrogen and oxygen atoms in total. The minimum atomic E-state index is -3.51. The number of fused-ring (bicyclic) bond motifs is 1. The first-order valence-corrected chi connectivity index (χ1v) is 11.0. The van der Waals surface area contributed by atoms with E-state index in [4.69, 9.17) is 4.52 Å². The Balaban J connectivity index is 1.44. The van der Waals surface area contributed by atoms with Crippen LogP contribution in [0.15, 0.2) is 20.9 Å². The van der Waals surface area contributed by atoms with Crippen LogP contribution in [0.2, 0.25) is 0 Å². The number of aromatic nitrogens is 1. The third-order valence-electron chi connectivity index (χ3n) is 5.34. The summed E-state index contributed by atoms with van der Waals surface area (Å²) in [7, 11) is -3.51. The molecule has 0 unspecified atom stereocenters. The number of nitrogens with zero attached hydrogens (tertiary/aromatic N) is 3. The van der Waals surface area contributed by atoms with Crippen LogP contribution in [0.1, 0.15) is 34.7 Å². The van der Waals surface area contributed by atoms with Gasteiger partial charge in [0.15, 0.2) is 5.76 Å². The highest BCUT2D eigenvalue weighted by molar-refractivity contribution is 7.89. The summed E-state index contributed by atoms with van der Waals surface area (Å²) in [6.45, 7) is 6.54. The largest absolute Gasteiger partial charge is 0.360 e. The van der Waals surface area contributed by atoms with Crippen LogP contribution in [-0.2, 0) is 23.0 Å². The molecule has 136 valence electrons. The highest BCUT2D eigenvalue weighted by Gasteiger charge is 2.35. The molecule has 2 aromatic rings. The normalized spacial score (nSPS) is 20.7. The minimum Gasteiger partial charge on any atom is -0.360 e. The van der Waals surface area contributed by atoms with Crippen molar-refractivity contribution < 1.29 is 12.9 Å². The molecule has 2 aliphatic heterocycles. The maximum atomic E-state index is 12.9. The van der Waals surface area contributed by atoms with Gasteiger partial charge in [-0.15, -0.1) is 11.3 Å². The summed E-state index contributed by atoms with van der Waals surface area (Å²) in [4.78, 5) is 4.27. The Morgan fingerprint density at radius 2 is 2.00 bits per heavy atom. The predicted molar refractivity (Wildman–Crippen MR) is 96.2 cm³/mol. The Labute approximate surface area is 152 Å². The highest BCUT2D eigenvalue weighted by Crippen LogP contribution is 2.30. The van der Waals surface area contributed by atoms with Crippen LogP contribution in [0.4, 0.5) is 0 Å². The first kappa shape index (κ1) is 17.2. The molecule has 25 heavy (non-hydrogen) atoms. The average Bonchev–Trinajstić information content (AvgIpc) is 3.20. The van der Waals surface area contributed by atoms with E-state index in [-0.39, 0.29) is 4.90 Å². The quantitative estimate of drug-likeness (QED) is 0.817. The molecule has 4 heterocycles. The summed E-state index contributed by atoms with van der Waals surface area (Å²) < 4.78 is 32.5. The van der Waals surface area contributed by atoms with E-state index in [1.54, 1.807) is 18.2 Å². The first-order chi connectivity index (χ1) is 12.0. The molecule has 0 aromatic carbocycles. The number of hydrogen-bond acceptors (Lipinski definition) is 6. The molecule has 0 aliphatic carbocycles. The van der Waals surface area contributed by atoms with Crippen molar-refractivity contribution in [3.8, 4) is 0 Å². The fourth-order valence-corrected chi connectivity index (χ4v) is 6.65. The molecular weight excluding hydrogens is 358 g/mol. The van der Waals surface area contributed by atoms with Crippen molar-refractivity contribution in [1.82, 2.24) is 14.4 Å². The number of rotatable bonds is 3. The van der Waals surface area contributed by atoms with E-state index in [0.29, 0.717) is 30.6 Å². The summed E-state index contributed by atoms with van der Waals surface area (Å²) in [6.07, 6.45) is 2.87. The number of thiophene rings is 1. The SMILES string of the molecule is Cc1noc(C)c1S(=O)(=O)N1CCC(N2CCc3sccc3C2)CC1. The zero-order valence-corrected chi connectivity index (χ0v) is 16.2. The van der Waals surface area contributed by atoms with Crippen molar-refractivity contribution in [2.75, 3.05) is 19.6 Å². The Morgan fingerprint density at radius 3 is 2.68 bits per heavy atom. The molecule has 1 saturated heterocycles. The zero-order valence-electron chi connectivity index (χ0n) is 14.6. The molecule has 8 heteroatoms. The van der Waals surface area contributed by atoms with Gasteiger partial charge in [-0.2, -0.15) is 4.31 Å². The lowest BCUT2D eigenvalue weighted by atomic mass is 10.0. The van der Waals surface area contributed by atoms with Gasteiger partial charge in [0, 0.05) is 37.1 Å². The molecule has 0 saturated carbocycles. The molecule has 0 atom stereocenters. The second-order valence-corrected chi connectivity index (χ2v) is 9.75. The van der Waals surface area contributed by atoms with Crippen LogP contribution in [0.3, 0.4) is 0 Å². The predicted octanol–water partition coefficient (Wildman–Crippen LogP) is 2.56. The summed E-state index contributed by atoms with van der Waals surface area (Å²) in [5.74, 6) is 0.376. The van der Waals surface area contributed by atoms with Crippen molar-refractivity contribution in [2.45, 2.75) is 50.6 Å². The summed E-state index contributed by atoms with van der Waals surface area (Å²) in [6, 6.07) is 2.69. The zero-order chi connectivity index (χ0) is 17.6. The lowest BCUT2D eigenvalue weighted by Crippen LogP contribution is -2.47. The van der Waals surface area contributed by atoms with Crippen molar-refractivity contribution in [1.29, 1.82) is 0 Å². The molecule has 0 N–H and O–H groups in total. The lowest BCUT2D eigenvalue weighted by molar-refractivity contribution is 0.127. The molecule has 2 aliphatic rings. The van der Waals surface area contributed by atoms with Crippen molar-refractivity contribution in [3.05, 3.63) is 33.3 Å². The number of piperidine rings is 1. The fraction of sp³-hybridized carbons (Fsp3) is 0.588. The third kappa shape index (κ3) is 3.05. The van der Waals surface area contributed by atoms with E-state index in [2.05, 4.69) is 21.5 Å². The smallest absolute Gasteiger partial charge is 0.248 e. The molecule has 1 fully saturated rings. The Bertz CT molecular complexity index is 844. The standard InChI is InChI=1S/C17H23N3O3S2/c1-12-17(13(2)23-18-12)25(21,22)20-8-3-15(4-9-20)19-7-5-16-14(11-19)6-10-24-16/h6,10,15H,3-5,7-9,11H2,1-2H3. The Morgan fingerprint density at radius 1 is 1.24 bits per heavy atom. The van der Waals surface area contributed by atoms with Crippen LogP contribution >= 0.6 is 11.3 Å².